The predicted octanol–water partition coefficient (Wildman–Crippen LogP) is 2.02. The second-order valence-corrected chi connectivity index (χ2v) is 7.54. The lowest BCUT2D eigenvalue weighted by Gasteiger charge is -2.34. The zero-order valence-electron chi connectivity index (χ0n) is 14.6. The van der Waals surface area contributed by atoms with E-state index in [4.69, 9.17) is 0 Å². The average molecular weight is 360 g/mol. The van der Waals surface area contributed by atoms with Crippen LogP contribution in [0.15, 0.2) is 11.6 Å². The molecule has 134 valence electrons. The SMILES string of the molecule is Cc1csc(N2CCN(C(=O)NCc3cn4c(n3)CCCC4)CC2)n1. The molecule has 0 radical (unpaired) electrons. The first-order valence-electron chi connectivity index (χ1n) is 8.94. The Bertz CT molecular complexity index is 723. The highest BCUT2D eigenvalue weighted by molar-refractivity contribution is 7.13. The van der Waals surface area contributed by atoms with Crippen LogP contribution in [0.2, 0.25) is 0 Å². The lowest BCUT2D eigenvalue weighted by atomic mass is 10.2. The number of piperazine rings is 1. The number of aryl methyl sites for hydroxylation is 3. The highest BCUT2D eigenvalue weighted by Gasteiger charge is 2.22. The number of fused-ring (bicyclic) bond motifs is 1. The van der Waals surface area contributed by atoms with Crippen molar-refractivity contribution in [2.75, 3.05) is 31.1 Å². The maximum atomic E-state index is 12.4. The van der Waals surface area contributed by atoms with Crippen molar-refractivity contribution in [3.05, 3.63) is 28.8 Å². The lowest BCUT2D eigenvalue weighted by molar-refractivity contribution is 0.194. The Kier molecular flexibility index (Phi) is 4.61. The van der Waals surface area contributed by atoms with Gasteiger partial charge in [-0.15, -0.1) is 11.3 Å². The van der Waals surface area contributed by atoms with Gasteiger partial charge >= 0.3 is 6.03 Å². The molecule has 0 atom stereocenters. The van der Waals surface area contributed by atoms with Crippen molar-refractivity contribution < 1.29 is 4.79 Å². The minimum Gasteiger partial charge on any atom is -0.345 e. The highest BCUT2D eigenvalue weighted by Crippen LogP contribution is 2.21. The van der Waals surface area contributed by atoms with Crippen molar-refractivity contribution in [2.24, 2.45) is 0 Å². The predicted molar refractivity (Wildman–Crippen MR) is 98.0 cm³/mol. The van der Waals surface area contributed by atoms with E-state index in [0.29, 0.717) is 6.54 Å². The molecule has 2 aliphatic rings. The molecule has 4 heterocycles. The summed E-state index contributed by atoms with van der Waals surface area (Å²) in [6.45, 7) is 6.68. The quantitative estimate of drug-likeness (QED) is 0.909. The maximum absolute atomic E-state index is 12.4. The van der Waals surface area contributed by atoms with Gasteiger partial charge in [-0.25, -0.2) is 14.8 Å². The number of urea groups is 1. The Morgan fingerprint density at radius 1 is 1.20 bits per heavy atom. The Labute approximate surface area is 151 Å². The summed E-state index contributed by atoms with van der Waals surface area (Å²) in [5.41, 5.74) is 2.02. The largest absolute Gasteiger partial charge is 0.345 e. The first kappa shape index (κ1) is 16.4. The molecule has 2 amide bonds. The van der Waals surface area contributed by atoms with Crippen molar-refractivity contribution in [3.63, 3.8) is 0 Å². The summed E-state index contributed by atoms with van der Waals surface area (Å²) < 4.78 is 2.22. The minimum absolute atomic E-state index is 0.000872. The molecule has 0 unspecified atom stereocenters. The van der Waals surface area contributed by atoms with Gasteiger partial charge in [0.05, 0.1) is 17.9 Å². The molecule has 0 spiro atoms. The number of rotatable bonds is 3. The van der Waals surface area contributed by atoms with Gasteiger partial charge in [0.1, 0.15) is 5.82 Å². The summed E-state index contributed by atoms with van der Waals surface area (Å²) in [5.74, 6) is 1.16. The van der Waals surface area contributed by atoms with Crippen molar-refractivity contribution in [1.82, 2.24) is 24.8 Å². The lowest BCUT2D eigenvalue weighted by Crippen LogP contribution is -2.51. The molecule has 4 rings (SSSR count). The van der Waals surface area contributed by atoms with E-state index in [1.807, 2.05) is 11.8 Å². The van der Waals surface area contributed by atoms with Crippen molar-refractivity contribution in [2.45, 2.75) is 39.3 Å². The van der Waals surface area contributed by atoms with Gasteiger partial charge in [-0.3, -0.25) is 0 Å². The molecule has 1 N–H and O–H groups in total. The normalized spacial score (nSPS) is 17.5. The summed E-state index contributed by atoms with van der Waals surface area (Å²) >= 11 is 1.67. The first-order valence-corrected chi connectivity index (χ1v) is 9.82. The third-order valence-electron chi connectivity index (χ3n) is 4.82. The van der Waals surface area contributed by atoms with E-state index in [1.165, 1.54) is 12.8 Å². The molecule has 25 heavy (non-hydrogen) atoms. The molecule has 1 fully saturated rings. The van der Waals surface area contributed by atoms with Crippen LogP contribution in [0, 0.1) is 6.92 Å². The molecule has 2 aliphatic heterocycles. The Morgan fingerprint density at radius 3 is 2.76 bits per heavy atom. The van der Waals surface area contributed by atoms with Crippen LogP contribution in [-0.4, -0.2) is 51.6 Å². The van der Waals surface area contributed by atoms with Crippen LogP contribution in [0.1, 0.15) is 30.1 Å². The van der Waals surface area contributed by atoms with E-state index >= 15 is 0 Å². The van der Waals surface area contributed by atoms with Crippen molar-refractivity contribution in [1.29, 1.82) is 0 Å². The topological polar surface area (TPSA) is 66.3 Å². The van der Waals surface area contributed by atoms with E-state index in [9.17, 15) is 4.79 Å². The zero-order chi connectivity index (χ0) is 17.2. The van der Waals surface area contributed by atoms with Gasteiger partial charge in [0.15, 0.2) is 5.13 Å². The number of thiazole rings is 1. The molecule has 1 saturated heterocycles. The number of anilines is 1. The van der Waals surface area contributed by atoms with Gasteiger partial charge in [0, 0.05) is 50.7 Å². The van der Waals surface area contributed by atoms with Crippen LogP contribution in [0.3, 0.4) is 0 Å². The van der Waals surface area contributed by atoms with Gasteiger partial charge in [-0.05, 0) is 19.8 Å². The van der Waals surface area contributed by atoms with E-state index in [0.717, 1.165) is 61.5 Å². The number of hydrogen-bond acceptors (Lipinski definition) is 5. The van der Waals surface area contributed by atoms with Gasteiger partial charge in [-0.2, -0.15) is 0 Å². The summed E-state index contributed by atoms with van der Waals surface area (Å²) in [4.78, 5) is 25.7. The third-order valence-corrected chi connectivity index (χ3v) is 5.84. The second kappa shape index (κ2) is 7.03. The van der Waals surface area contributed by atoms with Gasteiger partial charge in [0.25, 0.3) is 0 Å². The third kappa shape index (κ3) is 3.63. The zero-order valence-corrected chi connectivity index (χ0v) is 15.4. The number of carbonyl (C=O) groups is 1. The maximum Gasteiger partial charge on any atom is 0.317 e. The monoisotopic (exact) mass is 360 g/mol. The van der Waals surface area contributed by atoms with Gasteiger partial charge in [-0.1, -0.05) is 0 Å². The molecule has 0 bridgehead atoms. The molecule has 0 saturated carbocycles. The summed E-state index contributed by atoms with van der Waals surface area (Å²) in [5, 5.41) is 6.14. The van der Waals surface area contributed by atoms with Crippen LogP contribution < -0.4 is 10.2 Å². The number of hydrogen-bond donors (Lipinski definition) is 1. The van der Waals surface area contributed by atoms with E-state index in [2.05, 4.69) is 36.3 Å². The van der Waals surface area contributed by atoms with E-state index in [-0.39, 0.29) is 6.03 Å². The van der Waals surface area contributed by atoms with Crippen LogP contribution in [0.4, 0.5) is 9.93 Å². The Morgan fingerprint density at radius 2 is 2.04 bits per heavy atom. The smallest absolute Gasteiger partial charge is 0.317 e. The van der Waals surface area contributed by atoms with Crippen LogP contribution in [0.5, 0.6) is 0 Å². The van der Waals surface area contributed by atoms with Crippen LogP contribution in [-0.2, 0) is 19.5 Å². The number of nitrogens with one attached hydrogen (secondary N) is 1. The average Bonchev–Trinajstić information content (AvgIpc) is 3.25. The Hall–Kier alpha value is -2.09. The summed E-state index contributed by atoms with van der Waals surface area (Å²) in [7, 11) is 0. The molecular formula is C17H24N6OS. The van der Waals surface area contributed by atoms with Gasteiger partial charge < -0.3 is 19.7 Å². The van der Waals surface area contributed by atoms with Crippen molar-refractivity contribution >= 4 is 22.5 Å². The fraction of sp³-hybridized carbons (Fsp3) is 0.588. The molecule has 0 aliphatic carbocycles. The molecule has 2 aromatic heterocycles. The fourth-order valence-corrected chi connectivity index (χ4v) is 4.28. The minimum atomic E-state index is 0.000872. The van der Waals surface area contributed by atoms with Crippen molar-refractivity contribution in [3.8, 4) is 0 Å². The molecule has 8 heteroatoms. The summed E-state index contributed by atoms with van der Waals surface area (Å²) in [6, 6.07) is 0.000872. The molecule has 7 nitrogen and oxygen atoms in total. The number of imidazole rings is 1. The Balaban J connectivity index is 1.27. The first-order chi connectivity index (χ1) is 12.2. The number of aromatic nitrogens is 3. The van der Waals surface area contributed by atoms with Crippen LogP contribution >= 0.6 is 11.3 Å². The number of carbonyl (C=O) groups excluding carboxylic acids is 1. The molecule has 2 aromatic rings. The second-order valence-electron chi connectivity index (χ2n) is 6.70. The number of amides is 2. The molecular weight excluding hydrogens is 336 g/mol. The summed E-state index contributed by atoms with van der Waals surface area (Å²) in [6.07, 6.45) is 5.56. The number of nitrogens with zero attached hydrogens (tertiary/aromatic N) is 5. The van der Waals surface area contributed by atoms with Crippen LogP contribution in [0.25, 0.3) is 0 Å². The highest BCUT2D eigenvalue weighted by atomic mass is 32.1. The van der Waals surface area contributed by atoms with Gasteiger partial charge in [0.2, 0.25) is 0 Å². The standard InChI is InChI=1S/C17H24N6OS/c1-13-12-25-17(19-13)22-8-6-21(7-9-22)16(24)18-10-14-11-23-5-3-2-4-15(23)20-14/h11-12H,2-10H2,1H3,(H,18,24). The molecule has 0 aromatic carbocycles. The van der Waals surface area contributed by atoms with E-state index < -0.39 is 0 Å². The fourth-order valence-electron chi connectivity index (χ4n) is 3.42. The van der Waals surface area contributed by atoms with E-state index in [1.54, 1.807) is 11.3 Å².